The molecule has 0 N–H and O–H groups in total. The summed E-state index contributed by atoms with van der Waals surface area (Å²) in [5.41, 5.74) is 1.91. The molecule has 140 valence electrons. The number of carbonyl (C=O) groups is 1. The van der Waals surface area contributed by atoms with Gasteiger partial charge in [0.05, 0.1) is 6.04 Å². The maximum Gasteiger partial charge on any atom is 0.188 e. The van der Waals surface area contributed by atoms with Gasteiger partial charge in [-0.25, -0.2) is 9.97 Å². The molecule has 1 aromatic carbocycles. The summed E-state index contributed by atoms with van der Waals surface area (Å²) in [4.78, 5) is 30.4. The van der Waals surface area contributed by atoms with Crippen molar-refractivity contribution in [3.05, 3.63) is 42.2 Å². The van der Waals surface area contributed by atoms with Crippen LogP contribution in [0.5, 0.6) is 0 Å². The van der Waals surface area contributed by atoms with Gasteiger partial charge in [-0.3, -0.25) is 4.79 Å². The van der Waals surface area contributed by atoms with E-state index in [4.69, 9.17) is 4.98 Å². The lowest BCUT2D eigenvalue weighted by Gasteiger charge is -2.22. The fraction of sp³-hybridized carbons (Fsp3) is 0.400. The largest absolute Gasteiger partial charge is 0.361 e. The molecule has 0 saturated carbocycles. The standard InChI is InChI=1S/C20H23N5OS/c1-24(2)19-17-18(21-13-22-19)23-20(27-17)25-12-6-9-15(25)16(26)11-10-14-7-4-3-5-8-14/h3-5,7-8,13,15H,6,9-12H2,1-2H3/t15-/m1/s1. The molecule has 0 bridgehead atoms. The van der Waals surface area contributed by atoms with Crippen LogP contribution in [-0.2, 0) is 11.2 Å². The zero-order chi connectivity index (χ0) is 18.8. The van der Waals surface area contributed by atoms with Crippen LogP contribution in [0.4, 0.5) is 10.9 Å². The summed E-state index contributed by atoms with van der Waals surface area (Å²) < 4.78 is 0.972. The molecule has 0 amide bonds. The number of nitrogens with zero attached hydrogens (tertiary/aromatic N) is 5. The average molecular weight is 382 g/mol. The molecule has 4 rings (SSSR count). The van der Waals surface area contributed by atoms with Crippen LogP contribution >= 0.6 is 11.3 Å². The number of Topliss-reactive ketones (excluding diaryl/α,β-unsaturated/α-hetero) is 1. The fourth-order valence-corrected chi connectivity index (χ4v) is 4.75. The van der Waals surface area contributed by atoms with Gasteiger partial charge in [-0.05, 0) is 24.8 Å². The van der Waals surface area contributed by atoms with E-state index < -0.39 is 0 Å². The zero-order valence-electron chi connectivity index (χ0n) is 15.6. The molecule has 3 heterocycles. The molecule has 0 unspecified atom stereocenters. The Morgan fingerprint density at radius 1 is 1.26 bits per heavy atom. The summed E-state index contributed by atoms with van der Waals surface area (Å²) in [6, 6.07) is 10.1. The Morgan fingerprint density at radius 3 is 2.85 bits per heavy atom. The van der Waals surface area contributed by atoms with Crippen molar-refractivity contribution in [1.82, 2.24) is 15.0 Å². The van der Waals surface area contributed by atoms with Crippen molar-refractivity contribution in [3.8, 4) is 0 Å². The number of anilines is 2. The third-order valence-electron chi connectivity index (χ3n) is 4.96. The number of thiazole rings is 1. The topological polar surface area (TPSA) is 62.2 Å². The summed E-state index contributed by atoms with van der Waals surface area (Å²) >= 11 is 1.58. The Balaban J connectivity index is 1.53. The fourth-order valence-electron chi connectivity index (χ4n) is 3.58. The van der Waals surface area contributed by atoms with E-state index in [9.17, 15) is 4.79 Å². The van der Waals surface area contributed by atoms with Crippen molar-refractivity contribution in [2.75, 3.05) is 30.4 Å². The molecule has 6 nitrogen and oxygen atoms in total. The smallest absolute Gasteiger partial charge is 0.188 e. The van der Waals surface area contributed by atoms with Gasteiger partial charge in [0, 0.05) is 27.1 Å². The molecule has 3 aromatic rings. The highest BCUT2D eigenvalue weighted by Crippen LogP contribution is 2.36. The lowest BCUT2D eigenvalue weighted by atomic mass is 10.0. The first-order valence-electron chi connectivity index (χ1n) is 9.25. The maximum atomic E-state index is 12.9. The molecule has 1 saturated heterocycles. The van der Waals surface area contributed by atoms with E-state index in [1.54, 1.807) is 17.7 Å². The second-order valence-electron chi connectivity index (χ2n) is 7.04. The Labute approximate surface area is 162 Å². The molecule has 1 fully saturated rings. The quantitative estimate of drug-likeness (QED) is 0.653. The van der Waals surface area contributed by atoms with Gasteiger partial charge in [0.25, 0.3) is 0 Å². The molecule has 1 aliphatic heterocycles. The Bertz CT molecular complexity index is 940. The predicted octanol–water partition coefficient (Wildman–Crippen LogP) is 3.32. The summed E-state index contributed by atoms with van der Waals surface area (Å²) in [5.74, 6) is 1.17. The van der Waals surface area contributed by atoms with Crippen molar-refractivity contribution in [2.24, 2.45) is 0 Å². The van der Waals surface area contributed by atoms with Gasteiger partial charge < -0.3 is 9.80 Å². The van der Waals surface area contributed by atoms with Crippen LogP contribution in [0, 0.1) is 0 Å². The Morgan fingerprint density at radius 2 is 2.07 bits per heavy atom. The van der Waals surface area contributed by atoms with Crippen molar-refractivity contribution in [2.45, 2.75) is 31.7 Å². The van der Waals surface area contributed by atoms with Crippen LogP contribution in [0.1, 0.15) is 24.8 Å². The molecule has 27 heavy (non-hydrogen) atoms. The lowest BCUT2D eigenvalue weighted by Crippen LogP contribution is -2.36. The van der Waals surface area contributed by atoms with Crippen molar-refractivity contribution >= 4 is 38.4 Å². The molecule has 0 spiro atoms. The van der Waals surface area contributed by atoms with Crippen molar-refractivity contribution < 1.29 is 4.79 Å². The second-order valence-corrected chi connectivity index (χ2v) is 8.02. The van der Waals surface area contributed by atoms with E-state index in [0.717, 1.165) is 41.5 Å². The van der Waals surface area contributed by atoms with E-state index >= 15 is 0 Å². The van der Waals surface area contributed by atoms with Crippen LogP contribution in [0.2, 0.25) is 0 Å². The number of ketones is 1. The minimum absolute atomic E-state index is 0.0787. The highest BCUT2D eigenvalue weighted by Gasteiger charge is 2.32. The SMILES string of the molecule is CN(C)c1ncnc2nc(N3CCC[C@@H]3C(=O)CCc3ccccc3)sc12. The zero-order valence-corrected chi connectivity index (χ0v) is 16.4. The first-order valence-corrected chi connectivity index (χ1v) is 10.1. The summed E-state index contributed by atoms with van der Waals surface area (Å²) in [7, 11) is 3.93. The van der Waals surface area contributed by atoms with E-state index in [-0.39, 0.29) is 6.04 Å². The lowest BCUT2D eigenvalue weighted by molar-refractivity contribution is -0.120. The number of hydrogen-bond acceptors (Lipinski definition) is 7. The summed E-state index contributed by atoms with van der Waals surface area (Å²) in [5, 5.41) is 0.879. The Kier molecular flexibility index (Phi) is 5.03. The van der Waals surface area contributed by atoms with Gasteiger partial charge in [0.15, 0.2) is 22.4 Å². The monoisotopic (exact) mass is 381 g/mol. The third kappa shape index (κ3) is 3.64. The second kappa shape index (κ2) is 7.60. The first kappa shape index (κ1) is 17.9. The molecule has 1 aliphatic rings. The minimum atomic E-state index is -0.0787. The van der Waals surface area contributed by atoms with Gasteiger partial charge >= 0.3 is 0 Å². The number of benzene rings is 1. The summed E-state index contributed by atoms with van der Waals surface area (Å²) in [6.45, 7) is 0.867. The molecule has 1 atom stereocenters. The number of carbonyl (C=O) groups excluding carboxylic acids is 1. The molecule has 7 heteroatoms. The first-order chi connectivity index (χ1) is 13.1. The molecular weight excluding hydrogens is 358 g/mol. The molecule has 0 radical (unpaired) electrons. The number of hydrogen-bond donors (Lipinski definition) is 0. The van der Waals surface area contributed by atoms with Gasteiger partial charge in [0.1, 0.15) is 11.0 Å². The van der Waals surface area contributed by atoms with Crippen LogP contribution in [0.3, 0.4) is 0 Å². The van der Waals surface area contributed by atoms with Crippen LogP contribution in [0.25, 0.3) is 10.3 Å². The average Bonchev–Trinajstić information content (AvgIpc) is 3.33. The number of fused-ring (bicyclic) bond motifs is 1. The molecule has 2 aromatic heterocycles. The van der Waals surface area contributed by atoms with Crippen LogP contribution in [0.15, 0.2) is 36.7 Å². The van der Waals surface area contributed by atoms with Crippen molar-refractivity contribution in [3.63, 3.8) is 0 Å². The normalized spacial score (nSPS) is 16.8. The molecular formula is C20H23N5OS. The van der Waals surface area contributed by atoms with E-state index in [1.807, 2.05) is 37.2 Å². The predicted molar refractivity (Wildman–Crippen MR) is 110 cm³/mol. The van der Waals surface area contributed by atoms with Gasteiger partial charge in [-0.15, -0.1) is 0 Å². The molecule has 0 aliphatic carbocycles. The number of aryl methyl sites for hydroxylation is 1. The van der Waals surface area contributed by atoms with E-state index in [1.165, 1.54) is 5.56 Å². The Hall–Kier alpha value is -2.54. The van der Waals surface area contributed by atoms with Gasteiger partial charge in [0.2, 0.25) is 0 Å². The van der Waals surface area contributed by atoms with E-state index in [0.29, 0.717) is 17.9 Å². The highest BCUT2D eigenvalue weighted by atomic mass is 32.1. The van der Waals surface area contributed by atoms with E-state index in [2.05, 4.69) is 27.0 Å². The van der Waals surface area contributed by atoms with Gasteiger partial charge in [-0.2, -0.15) is 4.98 Å². The number of rotatable bonds is 6. The third-order valence-corrected chi connectivity index (χ3v) is 6.04. The van der Waals surface area contributed by atoms with Crippen LogP contribution < -0.4 is 9.80 Å². The van der Waals surface area contributed by atoms with Gasteiger partial charge in [-0.1, -0.05) is 41.7 Å². The number of aromatic nitrogens is 3. The summed E-state index contributed by atoms with van der Waals surface area (Å²) in [6.07, 6.45) is 4.83. The maximum absolute atomic E-state index is 12.9. The highest BCUT2D eigenvalue weighted by molar-refractivity contribution is 7.22. The van der Waals surface area contributed by atoms with Crippen molar-refractivity contribution in [1.29, 1.82) is 0 Å². The minimum Gasteiger partial charge on any atom is -0.361 e. The van der Waals surface area contributed by atoms with Crippen LogP contribution in [-0.4, -0.2) is 47.4 Å².